The van der Waals surface area contributed by atoms with Crippen molar-refractivity contribution in [3.8, 4) is 11.1 Å². The highest BCUT2D eigenvalue weighted by Crippen LogP contribution is 2.30. The minimum atomic E-state index is -0.843. The number of aliphatic carboxylic acids is 1. The topological polar surface area (TPSA) is 87.8 Å². The molecule has 6 nitrogen and oxygen atoms in total. The van der Waals surface area contributed by atoms with Crippen LogP contribution in [0.2, 0.25) is 0 Å². The molecular weight excluding hydrogens is 406 g/mol. The van der Waals surface area contributed by atoms with Gasteiger partial charge in [-0.2, -0.15) is 0 Å². The van der Waals surface area contributed by atoms with Gasteiger partial charge in [0.05, 0.1) is 5.92 Å². The number of aryl methyl sites for hydroxylation is 1. The van der Waals surface area contributed by atoms with E-state index in [1.54, 1.807) is 4.90 Å². The predicted octanol–water partition coefficient (Wildman–Crippen LogP) is 4.27. The summed E-state index contributed by atoms with van der Waals surface area (Å²) in [5.74, 6) is -1.67. The molecule has 166 valence electrons. The third-order valence-corrected chi connectivity index (χ3v) is 6.29. The van der Waals surface area contributed by atoms with Crippen LogP contribution in [0, 0.1) is 18.8 Å². The first-order valence-corrected chi connectivity index (χ1v) is 11.0. The molecule has 4 rings (SSSR count). The molecule has 3 aromatic rings. The lowest BCUT2D eigenvalue weighted by Crippen LogP contribution is -2.44. The molecule has 6 heteroatoms. The van der Waals surface area contributed by atoms with Crippen LogP contribution in [0.15, 0.2) is 57.7 Å². The van der Waals surface area contributed by atoms with Crippen LogP contribution < -0.4 is 5.63 Å². The van der Waals surface area contributed by atoms with Crippen LogP contribution in [-0.4, -0.2) is 35.0 Å². The third-order valence-electron chi connectivity index (χ3n) is 6.29. The maximum Gasteiger partial charge on any atom is 0.336 e. The number of carbonyl (C=O) groups is 2. The van der Waals surface area contributed by atoms with Gasteiger partial charge in [-0.05, 0) is 48.9 Å². The fourth-order valence-electron chi connectivity index (χ4n) is 4.56. The van der Waals surface area contributed by atoms with Gasteiger partial charge in [0.2, 0.25) is 5.91 Å². The smallest absolute Gasteiger partial charge is 0.336 e. The van der Waals surface area contributed by atoms with E-state index in [4.69, 9.17) is 4.42 Å². The van der Waals surface area contributed by atoms with E-state index in [2.05, 4.69) is 0 Å². The number of hydrogen-bond donors (Lipinski definition) is 1. The van der Waals surface area contributed by atoms with Crippen LogP contribution in [-0.2, 0) is 16.0 Å². The van der Waals surface area contributed by atoms with Crippen molar-refractivity contribution in [1.29, 1.82) is 0 Å². The zero-order valence-electron chi connectivity index (χ0n) is 18.3. The maximum atomic E-state index is 12.9. The first-order valence-electron chi connectivity index (χ1n) is 11.0. The Balaban J connectivity index is 1.58. The number of rotatable bonds is 5. The molecule has 2 aromatic carbocycles. The highest BCUT2D eigenvalue weighted by atomic mass is 16.4. The van der Waals surface area contributed by atoms with Crippen molar-refractivity contribution < 1.29 is 19.1 Å². The summed E-state index contributed by atoms with van der Waals surface area (Å²) in [5.41, 5.74) is 3.87. The van der Waals surface area contributed by atoms with Crippen LogP contribution in [0.25, 0.3) is 22.1 Å². The van der Waals surface area contributed by atoms with Crippen molar-refractivity contribution in [2.45, 2.75) is 33.1 Å². The maximum absolute atomic E-state index is 12.9. The fraction of sp³-hybridized carbons (Fsp3) is 0.346. The van der Waals surface area contributed by atoms with Gasteiger partial charge in [0.1, 0.15) is 5.58 Å². The Morgan fingerprint density at radius 2 is 1.94 bits per heavy atom. The van der Waals surface area contributed by atoms with Crippen LogP contribution in [0.4, 0.5) is 0 Å². The summed E-state index contributed by atoms with van der Waals surface area (Å²) >= 11 is 0. The van der Waals surface area contributed by atoms with Crippen LogP contribution >= 0.6 is 0 Å². The highest BCUT2D eigenvalue weighted by Gasteiger charge is 2.30. The molecule has 1 amide bonds. The van der Waals surface area contributed by atoms with Gasteiger partial charge in [-0.15, -0.1) is 0 Å². The second-order valence-electron chi connectivity index (χ2n) is 8.69. The second kappa shape index (κ2) is 8.99. The van der Waals surface area contributed by atoms with Gasteiger partial charge in [0.25, 0.3) is 0 Å². The monoisotopic (exact) mass is 433 g/mol. The van der Waals surface area contributed by atoms with Crippen molar-refractivity contribution in [3.63, 3.8) is 0 Å². The first kappa shape index (κ1) is 21.8. The molecule has 0 aliphatic carbocycles. The van der Waals surface area contributed by atoms with Gasteiger partial charge in [-0.1, -0.05) is 43.3 Å². The Bertz CT molecular complexity index is 1230. The largest absolute Gasteiger partial charge is 0.481 e. The van der Waals surface area contributed by atoms with Crippen LogP contribution in [0.5, 0.6) is 0 Å². The number of nitrogens with zero attached hydrogens (tertiary/aromatic N) is 1. The average Bonchev–Trinajstić information content (AvgIpc) is 2.78. The number of carbonyl (C=O) groups excluding carboxylic acids is 1. The van der Waals surface area contributed by atoms with Crippen molar-refractivity contribution in [1.82, 2.24) is 4.90 Å². The van der Waals surface area contributed by atoms with Crippen LogP contribution in [0.1, 0.15) is 30.9 Å². The number of benzene rings is 2. The Kier molecular flexibility index (Phi) is 6.12. The van der Waals surface area contributed by atoms with Crippen LogP contribution in [0.3, 0.4) is 0 Å². The Morgan fingerprint density at radius 1 is 1.16 bits per heavy atom. The molecule has 1 aliphatic rings. The molecule has 1 fully saturated rings. The number of fused-ring (bicyclic) bond motifs is 1. The minimum Gasteiger partial charge on any atom is -0.481 e. The zero-order chi connectivity index (χ0) is 22.8. The Hall–Kier alpha value is -3.41. The van der Waals surface area contributed by atoms with Crippen molar-refractivity contribution in [2.24, 2.45) is 11.8 Å². The summed E-state index contributed by atoms with van der Waals surface area (Å²) in [5, 5.41) is 10.1. The summed E-state index contributed by atoms with van der Waals surface area (Å²) in [6, 6.07) is 15.2. The van der Waals surface area contributed by atoms with Gasteiger partial charge in [0.15, 0.2) is 0 Å². The molecule has 2 heterocycles. The van der Waals surface area contributed by atoms with Crippen molar-refractivity contribution in [3.05, 3.63) is 70.1 Å². The number of likely N-dealkylation sites (tertiary alicyclic amines) is 1. The summed E-state index contributed by atoms with van der Waals surface area (Å²) < 4.78 is 5.49. The van der Waals surface area contributed by atoms with E-state index in [9.17, 15) is 19.5 Å². The van der Waals surface area contributed by atoms with Gasteiger partial charge in [-0.3, -0.25) is 9.59 Å². The molecule has 0 saturated carbocycles. The quantitative estimate of drug-likeness (QED) is 0.607. The Labute approximate surface area is 186 Å². The lowest BCUT2D eigenvalue weighted by Gasteiger charge is -2.32. The molecular formula is C26H27NO5. The van der Waals surface area contributed by atoms with Gasteiger partial charge in [-0.25, -0.2) is 4.79 Å². The standard InChI is InChI=1S/C26H27NO5/c1-16-6-3-4-8-20(16)22-14-24(28)32-23-13-18(9-10-21(22)23)12-17(2)25(29)27-11-5-7-19(15-27)26(30)31/h3-4,6,8-10,13-14,17,19H,5,7,11-12,15H2,1-2H3,(H,30,31). The third kappa shape index (κ3) is 4.44. The molecule has 1 aliphatic heterocycles. The average molecular weight is 434 g/mol. The number of carboxylic acids is 1. The van der Waals surface area contributed by atoms with E-state index in [-0.39, 0.29) is 18.4 Å². The molecule has 2 atom stereocenters. The molecule has 32 heavy (non-hydrogen) atoms. The number of carboxylic acid groups (broad SMARTS) is 1. The molecule has 1 N–H and O–H groups in total. The number of piperidine rings is 1. The summed E-state index contributed by atoms with van der Waals surface area (Å²) in [7, 11) is 0. The molecule has 0 radical (unpaired) electrons. The summed E-state index contributed by atoms with van der Waals surface area (Å²) in [6.45, 7) is 4.73. The minimum absolute atomic E-state index is 0.0360. The van der Waals surface area contributed by atoms with E-state index in [1.807, 2.05) is 56.3 Å². The van der Waals surface area contributed by atoms with E-state index < -0.39 is 17.5 Å². The molecule has 0 spiro atoms. The molecule has 0 bridgehead atoms. The number of amides is 1. The molecule has 2 unspecified atom stereocenters. The van der Waals surface area contributed by atoms with E-state index in [0.717, 1.165) is 27.6 Å². The van der Waals surface area contributed by atoms with E-state index in [1.165, 1.54) is 6.07 Å². The first-order chi connectivity index (χ1) is 15.3. The highest BCUT2D eigenvalue weighted by molar-refractivity contribution is 5.94. The normalized spacial score (nSPS) is 17.3. The van der Waals surface area contributed by atoms with Gasteiger partial charge >= 0.3 is 11.6 Å². The zero-order valence-corrected chi connectivity index (χ0v) is 18.3. The van der Waals surface area contributed by atoms with E-state index in [0.29, 0.717) is 31.4 Å². The lowest BCUT2D eigenvalue weighted by atomic mass is 9.93. The summed E-state index contributed by atoms with van der Waals surface area (Å²) in [4.78, 5) is 38.2. The van der Waals surface area contributed by atoms with Gasteiger partial charge in [0, 0.05) is 36.0 Å². The van der Waals surface area contributed by atoms with Crippen molar-refractivity contribution >= 4 is 22.8 Å². The lowest BCUT2D eigenvalue weighted by molar-refractivity contribution is -0.146. The molecule has 1 aromatic heterocycles. The Morgan fingerprint density at radius 3 is 2.69 bits per heavy atom. The van der Waals surface area contributed by atoms with E-state index >= 15 is 0 Å². The fourth-order valence-corrected chi connectivity index (χ4v) is 4.56. The van der Waals surface area contributed by atoms with Gasteiger partial charge < -0.3 is 14.4 Å². The van der Waals surface area contributed by atoms with Crippen molar-refractivity contribution in [2.75, 3.05) is 13.1 Å². The molecule has 1 saturated heterocycles. The summed E-state index contributed by atoms with van der Waals surface area (Å²) in [6.07, 6.45) is 1.81. The SMILES string of the molecule is Cc1ccccc1-c1cc(=O)oc2cc(CC(C)C(=O)N3CCCC(C(=O)O)C3)ccc12. The number of hydrogen-bond acceptors (Lipinski definition) is 4. The second-order valence-corrected chi connectivity index (χ2v) is 8.69. The predicted molar refractivity (Wildman–Crippen MR) is 122 cm³/mol.